The van der Waals surface area contributed by atoms with Gasteiger partial charge >= 0.3 is 5.97 Å². The number of carbonyl (C=O) groups is 2. The van der Waals surface area contributed by atoms with Crippen molar-refractivity contribution in [1.82, 2.24) is 5.32 Å². The summed E-state index contributed by atoms with van der Waals surface area (Å²) < 4.78 is 0. The molecule has 108 valence electrons. The summed E-state index contributed by atoms with van der Waals surface area (Å²) >= 11 is 0. The van der Waals surface area contributed by atoms with Gasteiger partial charge in [0, 0.05) is 12.0 Å². The van der Waals surface area contributed by atoms with E-state index in [1.54, 1.807) is 0 Å². The van der Waals surface area contributed by atoms with Gasteiger partial charge in [0.25, 0.3) is 0 Å². The van der Waals surface area contributed by atoms with Gasteiger partial charge in [0.05, 0.1) is 18.4 Å². The van der Waals surface area contributed by atoms with E-state index in [1.165, 1.54) is 0 Å². The molecule has 0 aromatic carbocycles. The van der Waals surface area contributed by atoms with Crippen LogP contribution >= 0.6 is 0 Å². The van der Waals surface area contributed by atoms with Gasteiger partial charge in [-0.15, -0.1) is 0 Å². The first kappa shape index (κ1) is 14.3. The molecule has 0 aliphatic heterocycles. The highest BCUT2D eigenvalue weighted by molar-refractivity contribution is 5.85. The molecular formula is C14H23NO4. The second kappa shape index (κ2) is 5.90. The normalized spacial score (nSPS) is 29.3. The Morgan fingerprint density at radius 1 is 1.11 bits per heavy atom. The second-order valence-corrected chi connectivity index (χ2v) is 6.07. The predicted molar refractivity (Wildman–Crippen MR) is 69.5 cm³/mol. The number of rotatable bonds is 5. The van der Waals surface area contributed by atoms with E-state index in [0.29, 0.717) is 19.4 Å². The summed E-state index contributed by atoms with van der Waals surface area (Å²) in [5, 5.41) is 21.5. The molecule has 2 atom stereocenters. The third-order valence-electron chi connectivity index (χ3n) is 4.81. The lowest BCUT2D eigenvalue weighted by molar-refractivity contribution is -0.146. The van der Waals surface area contributed by atoms with Crippen molar-refractivity contribution in [3.05, 3.63) is 0 Å². The minimum atomic E-state index is -0.865. The summed E-state index contributed by atoms with van der Waals surface area (Å²) in [6.45, 7) is 0.575. The number of aliphatic hydroxyl groups is 1. The molecule has 3 N–H and O–H groups in total. The van der Waals surface area contributed by atoms with E-state index in [1.807, 2.05) is 0 Å². The molecule has 0 spiro atoms. The molecule has 2 aliphatic carbocycles. The van der Waals surface area contributed by atoms with E-state index in [-0.39, 0.29) is 17.9 Å². The third-order valence-corrected chi connectivity index (χ3v) is 4.81. The highest BCUT2D eigenvalue weighted by Crippen LogP contribution is 2.37. The third kappa shape index (κ3) is 3.08. The fourth-order valence-corrected chi connectivity index (χ4v) is 3.49. The Bertz CT molecular complexity index is 349. The van der Waals surface area contributed by atoms with Crippen molar-refractivity contribution in [2.75, 3.05) is 13.2 Å². The summed E-state index contributed by atoms with van der Waals surface area (Å²) in [6.07, 6.45) is 6.14. The van der Waals surface area contributed by atoms with Crippen LogP contribution in [0.15, 0.2) is 0 Å². The molecular weight excluding hydrogens is 246 g/mol. The largest absolute Gasteiger partial charge is 0.481 e. The van der Waals surface area contributed by atoms with Crippen LogP contribution in [0, 0.1) is 17.3 Å². The maximum atomic E-state index is 12.1. The van der Waals surface area contributed by atoms with Crippen LogP contribution in [0.5, 0.6) is 0 Å². The number of hydrogen-bond donors (Lipinski definition) is 3. The van der Waals surface area contributed by atoms with Crippen molar-refractivity contribution in [1.29, 1.82) is 0 Å². The smallest absolute Gasteiger partial charge is 0.307 e. The molecule has 0 radical (unpaired) electrons. The molecule has 0 bridgehead atoms. The molecule has 2 saturated carbocycles. The molecule has 2 rings (SSSR count). The van der Waals surface area contributed by atoms with Crippen LogP contribution < -0.4 is 5.32 Å². The van der Waals surface area contributed by atoms with Gasteiger partial charge in [-0.1, -0.05) is 19.3 Å². The van der Waals surface area contributed by atoms with Gasteiger partial charge in [-0.05, 0) is 25.7 Å². The fourth-order valence-electron chi connectivity index (χ4n) is 3.49. The Balaban J connectivity index is 1.88. The van der Waals surface area contributed by atoms with Gasteiger partial charge in [-0.3, -0.25) is 9.59 Å². The van der Waals surface area contributed by atoms with Crippen molar-refractivity contribution in [3.8, 4) is 0 Å². The fraction of sp³-hybridized carbons (Fsp3) is 0.857. The zero-order valence-electron chi connectivity index (χ0n) is 11.2. The Morgan fingerprint density at radius 2 is 1.74 bits per heavy atom. The van der Waals surface area contributed by atoms with Crippen LogP contribution in [-0.2, 0) is 9.59 Å². The molecule has 2 aliphatic rings. The Kier molecular flexibility index (Phi) is 4.45. The zero-order chi connectivity index (χ0) is 13.9. The first-order chi connectivity index (χ1) is 9.08. The molecule has 5 heteroatoms. The van der Waals surface area contributed by atoms with E-state index in [4.69, 9.17) is 5.11 Å². The van der Waals surface area contributed by atoms with Crippen LogP contribution in [0.4, 0.5) is 0 Å². The summed E-state index contributed by atoms with van der Waals surface area (Å²) in [7, 11) is 0. The molecule has 1 amide bonds. The van der Waals surface area contributed by atoms with Crippen LogP contribution in [-0.4, -0.2) is 35.2 Å². The first-order valence-corrected chi connectivity index (χ1v) is 7.19. The van der Waals surface area contributed by atoms with E-state index >= 15 is 0 Å². The van der Waals surface area contributed by atoms with Crippen molar-refractivity contribution in [3.63, 3.8) is 0 Å². The number of amides is 1. The summed E-state index contributed by atoms with van der Waals surface area (Å²) in [5.41, 5.74) is -0.174. The zero-order valence-corrected chi connectivity index (χ0v) is 11.2. The number of carbonyl (C=O) groups excluding carboxylic acids is 1. The van der Waals surface area contributed by atoms with Crippen LogP contribution in [0.3, 0.4) is 0 Å². The van der Waals surface area contributed by atoms with Crippen molar-refractivity contribution >= 4 is 11.9 Å². The molecule has 5 nitrogen and oxygen atoms in total. The molecule has 2 fully saturated rings. The molecule has 0 saturated heterocycles. The standard InChI is InChI=1S/C14H23NO4/c16-9-14(6-1-2-7-14)8-15-12(17)10-4-3-5-11(10)13(18)19/h10-11,16H,1-9H2,(H,15,17)(H,18,19). The topological polar surface area (TPSA) is 86.6 Å². The number of aliphatic carboxylic acids is 1. The minimum absolute atomic E-state index is 0.0975. The highest BCUT2D eigenvalue weighted by atomic mass is 16.4. The number of aliphatic hydroxyl groups excluding tert-OH is 1. The van der Waals surface area contributed by atoms with Crippen molar-refractivity contribution in [2.45, 2.75) is 44.9 Å². The maximum Gasteiger partial charge on any atom is 0.307 e. The Hall–Kier alpha value is -1.10. The maximum absolute atomic E-state index is 12.1. The van der Waals surface area contributed by atoms with Gasteiger partial charge in [-0.25, -0.2) is 0 Å². The molecule has 0 aromatic rings. The molecule has 2 unspecified atom stereocenters. The first-order valence-electron chi connectivity index (χ1n) is 7.19. The average Bonchev–Trinajstić information content (AvgIpc) is 3.05. The number of carboxylic acids is 1. The average molecular weight is 269 g/mol. The highest BCUT2D eigenvalue weighted by Gasteiger charge is 2.39. The molecule has 0 heterocycles. The minimum Gasteiger partial charge on any atom is -0.481 e. The van der Waals surface area contributed by atoms with E-state index in [9.17, 15) is 14.7 Å². The van der Waals surface area contributed by atoms with Gasteiger partial charge in [0.1, 0.15) is 0 Å². The number of hydrogen-bond acceptors (Lipinski definition) is 3. The Labute approximate surface area is 113 Å². The lowest BCUT2D eigenvalue weighted by Crippen LogP contribution is -2.42. The van der Waals surface area contributed by atoms with Crippen LogP contribution in [0.25, 0.3) is 0 Å². The number of carboxylic acid groups (broad SMARTS) is 1. The SMILES string of the molecule is O=C(O)C1CCCC1C(=O)NCC1(CO)CCCC1. The van der Waals surface area contributed by atoms with Crippen LogP contribution in [0.2, 0.25) is 0 Å². The van der Waals surface area contributed by atoms with Gasteiger partial charge in [0.15, 0.2) is 0 Å². The summed E-state index contributed by atoms with van der Waals surface area (Å²) in [6, 6.07) is 0. The van der Waals surface area contributed by atoms with E-state index in [2.05, 4.69) is 5.32 Å². The van der Waals surface area contributed by atoms with E-state index < -0.39 is 17.8 Å². The van der Waals surface area contributed by atoms with E-state index in [0.717, 1.165) is 32.1 Å². The van der Waals surface area contributed by atoms with Crippen molar-refractivity contribution < 1.29 is 19.8 Å². The molecule has 19 heavy (non-hydrogen) atoms. The monoisotopic (exact) mass is 269 g/mol. The van der Waals surface area contributed by atoms with Gasteiger partial charge in [-0.2, -0.15) is 0 Å². The lowest BCUT2D eigenvalue weighted by atomic mass is 9.86. The van der Waals surface area contributed by atoms with Gasteiger partial charge < -0.3 is 15.5 Å². The van der Waals surface area contributed by atoms with Gasteiger partial charge in [0.2, 0.25) is 5.91 Å². The lowest BCUT2D eigenvalue weighted by Gasteiger charge is -2.27. The quantitative estimate of drug-likeness (QED) is 0.699. The van der Waals surface area contributed by atoms with Crippen molar-refractivity contribution in [2.24, 2.45) is 17.3 Å². The summed E-state index contributed by atoms with van der Waals surface area (Å²) in [4.78, 5) is 23.2. The number of nitrogens with one attached hydrogen (secondary N) is 1. The predicted octanol–water partition coefficient (Wildman–Crippen LogP) is 1.16. The van der Waals surface area contributed by atoms with Crippen LogP contribution in [0.1, 0.15) is 44.9 Å². The Morgan fingerprint density at radius 3 is 2.32 bits per heavy atom. The summed E-state index contributed by atoms with van der Waals surface area (Å²) in [5.74, 6) is -1.94. The molecule has 0 aromatic heterocycles. The second-order valence-electron chi connectivity index (χ2n) is 6.07.